The van der Waals surface area contributed by atoms with Crippen LogP contribution in [0.4, 0.5) is 0 Å². The Balaban J connectivity index is 0.000000765. The minimum atomic E-state index is -0.373. The van der Waals surface area contributed by atoms with Crippen LogP contribution in [0.25, 0.3) is 0 Å². The van der Waals surface area contributed by atoms with Gasteiger partial charge in [0.1, 0.15) is 0 Å². The molecule has 0 aromatic heterocycles. The van der Waals surface area contributed by atoms with E-state index in [9.17, 15) is 9.59 Å². The first-order valence-electron chi connectivity index (χ1n) is 8.24. The second-order valence-corrected chi connectivity index (χ2v) is 5.48. The highest BCUT2D eigenvalue weighted by molar-refractivity contribution is 5.89. The molecule has 0 amide bonds. The van der Waals surface area contributed by atoms with Crippen molar-refractivity contribution in [2.24, 2.45) is 5.92 Å². The van der Waals surface area contributed by atoms with Crippen molar-refractivity contribution in [3.63, 3.8) is 0 Å². The van der Waals surface area contributed by atoms with Crippen LogP contribution in [0.1, 0.15) is 27.6 Å². The summed E-state index contributed by atoms with van der Waals surface area (Å²) in [7, 11) is 0. The molecule has 0 spiro atoms. The summed E-state index contributed by atoms with van der Waals surface area (Å²) in [5, 5.41) is 15.2. The number of benzene rings is 2. The van der Waals surface area contributed by atoms with E-state index in [1.54, 1.807) is 48.5 Å². The van der Waals surface area contributed by atoms with Gasteiger partial charge in [-0.25, -0.2) is 9.59 Å². The maximum atomic E-state index is 11.8. The highest BCUT2D eigenvalue weighted by Crippen LogP contribution is 2.06. The number of hydrogen-bond donors (Lipinski definition) is 2. The summed E-state index contributed by atoms with van der Waals surface area (Å²) in [6.07, 6.45) is 0. The number of ether oxygens (including phenoxy) is 2. The molecule has 0 saturated carbocycles. The normalized spacial score (nSPS) is 9.85. The SMILES string of the molecule is CC(COC(=O)c1ccccc1)COC(=O)c1ccccc1.OCCO. The van der Waals surface area contributed by atoms with E-state index in [0.29, 0.717) is 11.1 Å². The number of aliphatic hydroxyl groups excluding tert-OH is 2. The van der Waals surface area contributed by atoms with E-state index in [1.807, 2.05) is 19.1 Å². The highest BCUT2D eigenvalue weighted by atomic mass is 16.5. The van der Waals surface area contributed by atoms with Crippen LogP contribution < -0.4 is 0 Å². The number of aliphatic hydroxyl groups is 2. The molecule has 6 heteroatoms. The number of carbonyl (C=O) groups excluding carboxylic acids is 2. The molecule has 2 aromatic rings. The van der Waals surface area contributed by atoms with Crippen LogP contribution >= 0.6 is 0 Å². The smallest absolute Gasteiger partial charge is 0.338 e. The fraction of sp³-hybridized carbons (Fsp3) is 0.300. The van der Waals surface area contributed by atoms with Gasteiger partial charge in [-0.3, -0.25) is 0 Å². The van der Waals surface area contributed by atoms with E-state index in [2.05, 4.69) is 0 Å². The Bertz CT molecular complexity index is 584. The second-order valence-electron chi connectivity index (χ2n) is 5.48. The average molecular weight is 360 g/mol. The molecule has 0 unspecified atom stereocenters. The van der Waals surface area contributed by atoms with Crippen LogP contribution in [0.2, 0.25) is 0 Å². The third-order valence-corrected chi connectivity index (χ3v) is 3.12. The standard InChI is InChI=1S/C18H18O4.C2H6O2/c1-14(12-21-17(19)15-8-4-2-5-9-15)13-22-18(20)16-10-6-3-7-11-16;3-1-2-4/h2-11,14H,12-13H2,1H3;3-4H,1-2H2. The van der Waals surface area contributed by atoms with Crippen LogP contribution in [0.5, 0.6) is 0 Å². The first-order chi connectivity index (χ1) is 12.6. The van der Waals surface area contributed by atoms with Crippen molar-refractivity contribution in [2.75, 3.05) is 26.4 Å². The van der Waals surface area contributed by atoms with E-state index >= 15 is 0 Å². The summed E-state index contributed by atoms with van der Waals surface area (Å²) in [6.45, 7) is 2.02. The van der Waals surface area contributed by atoms with Crippen LogP contribution in [0.3, 0.4) is 0 Å². The minimum absolute atomic E-state index is 0.0691. The zero-order valence-corrected chi connectivity index (χ0v) is 14.7. The molecule has 140 valence electrons. The van der Waals surface area contributed by atoms with Gasteiger partial charge >= 0.3 is 11.9 Å². The van der Waals surface area contributed by atoms with Gasteiger partial charge in [-0.2, -0.15) is 0 Å². The molecule has 0 atom stereocenters. The molecule has 0 radical (unpaired) electrons. The minimum Gasteiger partial charge on any atom is -0.462 e. The monoisotopic (exact) mass is 360 g/mol. The number of carbonyl (C=O) groups is 2. The summed E-state index contributed by atoms with van der Waals surface area (Å²) in [5.41, 5.74) is 1.02. The van der Waals surface area contributed by atoms with Gasteiger partial charge in [0.25, 0.3) is 0 Å². The van der Waals surface area contributed by atoms with Gasteiger partial charge in [-0.1, -0.05) is 43.3 Å². The van der Waals surface area contributed by atoms with E-state index < -0.39 is 0 Å². The fourth-order valence-electron chi connectivity index (χ4n) is 1.80. The van der Waals surface area contributed by atoms with Gasteiger partial charge in [0.15, 0.2) is 0 Å². The molecule has 2 rings (SSSR count). The highest BCUT2D eigenvalue weighted by Gasteiger charge is 2.12. The largest absolute Gasteiger partial charge is 0.462 e. The van der Waals surface area contributed by atoms with Gasteiger partial charge in [0.05, 0.1) is 37.6 Å². The molecule has 0 fully saturated rings. The van der Waals surface area contributed by atoms with Crippen molar-refractivity contribution >= 4 is 11.9 Å². The quantitative estimate of drug-likeness (QED) is 0.736. The predicted molar refractivity (Wildman–Crippen MR) is 96.8 cm³/mol. The lowest BCUT2D eigenvalue weighted by Crippen LogP contribution is -2.18. The molecule has 6 nitrogen and oxygen atoms in total. The molecule has 0 aliphatic heterocycles. The molecule has 2 aromatic carbocycles. The maximum Gasteiger partial charge on any atom is 0.338 e. The molecule has 0 heterocycles. The molecule has 26 heavy (non-hydrogen) atoms. The van der Waals surface area contributed by atoms with E-state index in [4.69, 9.17) is 19.7 Å². The third-order valence-electron chi connectivity index (χ3n) is 3.12. The molecule has 0 aliphatic rings. The fourth-order valence-corrected chi connectivity index (χ4v) is 1.80. The molecule has 0 bridgehead atoms. The number of esters is 2. The number of rotatable bonds is 7. The van der Waals surface area contributed by atoms with Gasteiger partial charge in [0.2, 0.25) is 0 Å². The second kappa shape index (κ2) is 12.6. The van der Waals surface area contributed by atoms with E-state index in [-0.39, 0.29) is 44.3 Å². The van der Waals surface area contributed by atoms with E-state index in [1.165, 1.54) is 0 Å². The summed E-state index contributed by atoms with van der Waals surface area (Å²) < 4.78 is 10.4. The zero-order valence-electron chi connectivity index (χ0n) is 14.7. The van der Waals surface area contributed by atoms with E-state index in [0.717, 1.165) is 0 Å². The lowest BCUT2D eigenvalue weighted by molar-refractivity contribution is 0.0283. The third kappa shape index (κ3) is 8.41. The van der Waals surface area contributed by atoms with Crippen LogP contribution in [0.15, 0.2) is 60.7 Å². The lowest BCUT2D eigenvalue weighted by atomic mass is 10.2. The van der Waals surface area contributed by atoms with Crippen molar-refractivity contribution < 1.29 is 29.3 Å². The lowest BCUT2D eigenvalue weighted by Gasteiger charge is -2.12. The Morgan fingerprint density at radius 3 is 1.42 bits per heavy atom. The van der Waals surface area contributed by atoms with Crippen LogP contribution in [-0.2, 0) is 9.47 Å². The summed E-state index contributed by atoms with van der Waals surface area (Å²) in [6, 6.07) is 17.6. The molecular formula is C20H24O6. The first-order valence-corrected chi connectivity index (χ1v) is 8.24. The van der Waals surface area contributed by atoms with Crippen LogP contribution in [-0.4, -0.2) is 48.6 Å². The predicted octanol–water partition coefficient (Wildman–Crippen LogP) is 2.31. The van der Waals surface area contributed by atoms with Crippen molar-refractivity contribution in [1.82, 2.24) is 0 Å². The molecule has 0 saturated heterocycles. The first kappa shape index (κ1) is 21.3. The van der Waals surface area contributed by atoms with Crippen molar-refractivity contribution in [1.29, 1.82) is 0 Å². The zero-order chi connectivity index (χ0) is 19.2. The Morgan fingerprint density at radius 2 is 1.12 bits per heavy atom. The Labute approximate surface area is 153 Å². The summed E-state index contributed by atoms with van der Waals surface area (Å²) in [5.74, 6) is -0.816. The van der Waals surface area contributed by atoms with Gasteiger partial charge < -0.3 is 19.7 Å². The number of hydrogen-bond acceptors (Lipinski definition) is 6. The Morgan fingerprint density at radius 1 is 0.769 bits per heavy atom. The topological polar surface area (TPSA) is 93.1 Å². The van der Waals surface area contributed by atoms with Crippen molar-refractivity contribution in [3.8, 4) is 0 Å². The van der Waals surface area contributed by atoms with Gasteiger partial charge in [0, 0.05) is 5.92 Å². The average Bonchev–Trinajstić information content (AvgIpc) is 2.71. The Kier molecular flexibility index (Phi) is 10.4. The summed E-state index contributed by atoms with van der Waals surface area (Å²) in [4.78, 5) is 23.6. The van der Waals surface area contributed by atoms with Gasteiger partial charge in [-0.05, 0) is 24.3 Å². The van der Waals surface area contributed by atoms with Crippen molar-refractivity contribution in [3.05, 3.63) is 71.8 Å². The molecule has 2 N–H and O–H groups in total. The molecular weight excluding hydrogens is 336 g/mol. The summed E-state index contributed by atoms with van der Waals surface area (Å²) >= 11 is 0. The maximum absolute atomic E-state index is 11.8. The van der Waals surface area contributed by atoms with Gasteiger partial charge in [-0.15, -0.1) is 0 Å². The molecule has 0 aliphatic carbocycles. The Hall–Kier alpha value is -2.70. The van der Waals surface area contributed by atoms with Crippen molar-refractivity contribution in [2.45, 2.75) is 6.92 Å². The van der Waals surface area contributed by atoms with Crippen LogP contribution in [0, 0.1) is 5.92 Å².